The van der Waals surface area contributed by atoms with Gasteiger partial charge >= 0.3 is 0 Å². The minimum Gasteiger partial charge on any atom is -0.340 e. The van der Waals surface area contributed by atoms with Gasteiger partial charge in [0.25, 0.3) is 0 Å². The van der Waals surface area contributed by atoms with Gasteiger partial charge in [-0.3, -0.25) is 0 Å². The Morgan fingerprint density at radius 2 is 1.83 bits per heavy atom. The van der Waals surface area contributed by atoms with Gasteiger partial charge in [0.15, 0.2) is 0 Å². The molecular weight excluding hydrogens is 374 g/mol. The van der Waals surface area contributed by atoms with Gasteiger partial charge in [0.05, 0.1) is 5.52 Å². The first-order valence-corrected chi connectivity index (χ1v) is 8.60. The van der Waals surface area contributed by atoms with Crippen LogP contribution >= 0.6 is 15.9 Å². The van der Waals surface area contributed by atoms with Crippen LogP contribution < -0.4 is 0 Å². The first-order chi connectivity index (χ1) is 11.5. The maximum atomic E-state index is 14.4. The van der Waals surface area contributed by atoms with Crippen molar-refractivity contribution in [2.24, 2.45) is 0 Å². The van der Waals surface area contributed by atoms with Crippen LogP contribution in [0.2, 0.25) is 0 Å². The van der Waals surface area contributed by atoms with Crippen LogP contribution in [0.25, 0.3) is 10.9 Å². The Balaban J connectivity index is 2.08. The van der Waals surface area contributed by atoms with Crippen molar-refractivity contribution in [3.05, 3.63) is 69.8 Å². The minimum absolute atomic E-state index is 0.459. The second-order valence-corrected chi connectivity index (χ2v) is 7.07. The molecule has 0 aliphatic carbocycles. The smallest absolute Gasteiger partial charge is 0.150 e. The average Bonchev–Trinajstić information content (AvgIpc) is 2.85. The van der Waals surface area contributed by atoms with E-state index in [9.17, 15) is 8.78 Å². The van der Waals surface area contributed by atoms with E-state index in [2.05, 4.69) is 20.8 Å². The molecule has 2 aromatic carbocycles. The molecule has 0 aliphatic heterocycles. The highest BCUT2D eigenvalue weighted by Crippen LogP contribution is 2.28. The zero-order valence-electron chi connectivity index (χ0n) is 13.7. The molecule has 126 valence electrons. The zero-order chi connectivity index (χ0) is 17.3. The van der Waals surface area contributed by atoms with E-state index in [0.717, 1.165) is 34.6 Å². The molecule has 0 saturated carbocycles. The van der Waals surface area contributed by atoms with Crippen LogP contribution in [0.3, 0.4) is 0 Å². The SMILES string of the molecule is CN(C)CCc1cn(Cc2ccccc2Br)c2c(F)cc(F)cc12. The number of benzene rings is 2. The Labute approximate surface area is 148 Å². The molecule has 0 radical (unpaired) electrons. The van der Waals surface area contributed by atoms with Gasteiger partial charge in [0, 0.05) is 35.2 Å². The molecule has 3 aromatic rings. The van der Waals surface area contributed by atoms with Gasteiger partial charge in [-0.25, -0.2) is 8.78 Å². The van der Waals surface area contributed by atoms with Crippen molar-refractivity contribution in [2.45, 2.75) is 13.0 Å². The van der Waals surface area contributed by atoms with E-state index >= 15 is 0 Å². The highest BCUT2D eigenvalue weighted by atomic mass is 79.9. The Kier molecular flexibility index (Phi) is 5.01. The first-order valence-electron chi connectivity index (χ1n) is 7.80. The standard InChI is InChI=1S/C19H19BrF2N2/c1-23(2)8-7-13-11-24(12-14-5-3-4-6-17(14)20)19-16(13)9-15(21)10-18(19)22/h3-6,9-11H,7-8,12H2,1-2H3. The number of rotatable bonds is 5. The fourth-order valence-electron chi connectivity index (χ4n) is 2.90. The summed E-state index contributed by atoms with van der Waals surface area (Å²) >= 11 is 3.53. The van der Waals surface area contributed by atoms with Crippen molar-refractivity contribution in [1.82, 2.24) is 9.47 Å². The molecule has 0 spiro atoms. The van der Waals surface area contributed by atoms with Crippen molar-refractivity contribution in [3.8, 4) is 0 Å². The summed E-state index contributed by atoms with van der Waals surface area (Å²) in [5.41, 5.74) is 2.47. The Morgan fingerprint density at radius 3 is 2.54 bits per heavy atom. The van der Waals surface area contributed by atoms with Crippen LogP contribution in [0, 0.1) is 11.6 Å². The Morgan fingerprint density at radius 1 is 1.08 bits per heavy atom. The van der Waals surface area contributed by atoms with E-state index < -0.39 is 11.6 Å². The van der Waals surface area contributed by atoms with E-state index in [1.807, 2.05) is 49.1 Å². The van der Waals surface area contributed by atoms with E-state index in [0.29, 0.717) is 17.4 Å². The quantitative estimate of drug-likeness (QED) is 0.603. The van der Waals surface area contributed by atoms with Gasteiger partial charge in [0.2, 0.25) is 0 Å². The molecule has 0 amide bonds. The molecule has 0 bridgehead atoms. The number of halogens is 3. The van der Waals surface area contributed by atoms with Gasteiger partial charge in [-0.2, -0.15) is 0 Å². The molecule has 1 aromatic heterocycles. The summed E-state index contributed by atoms with van der Waals surface area (Å²) in [6.45, 7) is 1.36. The molecule has 0 N–H and O–H groups in total. The molecule has 0 unspecified atom stereocenters. The van der Waals surface area contributed by atoms with Crippen molar-refractivity contribution in [3.63, 3.8) is 0 Å². The van der Waals surface area contributed by atoms with E-state index in [-0.39, 0.29) is 0 Å². The molecule has 5 heteroatoms. The second kappa shape index (κ2) is 7.03. The third kappa shape index (κ3) is 3.52. The maximum Gasteiger partial charge on any atom is 0.150 e. The van der Waals surface area contributed by atoms with Crippen LogP contribution in [0.5, 0.6) is 0 Å². The Hall–Kier alpha value is -1.72. The number of fused-ring (bicyclic) bond motifs is 1. The zero-order valence-corrected chi connectivity index (χ0v) is 15.3. The molecule has 0 saturated heterocycles. The van der Waals surface area contributed by atoms with E-state index in [1.165, 1.54) is 6.07 Å². The summed E-state index contributed by atoms with van der Waals surface area (Å²) in [5.74, 6) is -1.06. The fourth-order valence-corrected chi connectivity index (χ4v) is 3.31. The Bertz CT molecular complexity index is 871. The van der Waals surface area contributed by atoms with E-state index in [1.54, 1.807) is 0 Å². The third-order valence-electron chi connectivity index (χ3n) is 4.10. The molecular formula is C19H19BrF2N2. The summed E-state index contributed by atoms with van der Waals surface area (Å²) in [6, 6.07) is 10.2. The molecule has 0 atom stereocenters. The van der Waals surface area contributed by atoms with Crippen molar-refractivity contribution in [2.75, 3.05) is 20.6 Å². The summed E-state index contributed by atoms with van der Waals surface area (Å²) in [4.78, 5) is 2.06. The van der Waals surface area contributed by atoms with Gasteiger partial charge in [-0.05, 0) is 43.8 Å². The molecule has 3 rings (SSSR count). The van der Waals surface area contributed by atoms with Gasteiger partial charge in [-0.15, -0.1) is 0 Å². The predicted molar refractivity (Wildman–Crippen MR) is 97.4 cm³/mol. The maximum absolute atomic E-state index is 14.4. The number of likely N-dealkylation sites (N-methyl/N-ethyl adjacent to an activating group) is 1. The van der Waals surface area contributed by atoms with Gasteiger partial charge in [-0.1, -0.05) is 34.1 Å². The number of hydrogen-bond donors (Lipinski definition) is 0. The molecule has 1 heterocycles. The normalized spacial score (nSPS) is 11.6. The number of hydrogen-bond acceptors (Lipinski definition) is 1. The lowest BCUT2D eigenvalue weighted by Crippen LogP contribution is -2.14. The summed E-state index contributed by atoms with van der Waals surface area (Å²) in [7, 11) is 3.98. The van der Waals surface area contributed by atoms with Crippen LogP contribution in [0.15, 0.2) is 47.1 Å². The lowest BCUT2D eigenvalue weighted by molar-refractivity contribution is 0.414. The van der Waals surface area contributed by atoms with Crippen LogP contribution in [0.4, 0.5) is 8.78 Å². The monoisotopic (exact) mass is 392 g/mol. The van der Waals surface area contributed by atoms with E-state index in [4.69, 9.17) is 0 Å². The van der Waals surface area contributed by atoms with Gasteiger partial charge < -0.3 is 9.47 Å². The lowest BCUT2D eigenvalue weighted by atomic mass is 10.1. The third-order valence-corrected chi connectivity index (χ3v) is 4.87. The van der Waals surface area contributed by atoms with Crippen molar-refractivity contribution in [1.29, 1.82) is 0 Å². The lowest BCUT2D eigenvalue weighted by Gasteiger charge is -2.08. The molecule has 2 nitrogen and oxygen atoms in total. The predicted octanol–water partition coefficient (Wildman–Crippen LogP) is 4.83. The van der Waals surface area contributed by atoms with Crippen LogP contribution in [-0.4, -0.2) is 30.1 Å². The van der Waals surface area contributed by atoms with Gasteiger partial charge in [0.1, 0.15) is 11.6 Å². The largest absolute Gasteiger partial charge is 0.340 e. The average molecular weight is 393 g/mol. The van der Waals surface area contributed by atoms with Crippen molar-refractivity contribution < 1.29 is 8.78 Å². The highest BCUT2D eigenvalue weighted by molar-refractivity contribution is 9.10. The second-order valence-electron chi connectivity index (χ2n) is 6.21. The molecule has 0 aliphatic rings. The van der Waals surface area contributed by atoms with Crippen molar-refractivity contribution >= 4 is 26.8 Å². The number of aromatic nitrogens is 1. The minimum atomic E-state index is -0.537. The van der Waals surface area contributed by atoms with Crippen LogP contribution in [0.1, 0.15) is 11.1 Å². The summed E-state index contributed by atoms with van der Waals surface area (Å²) < 4.78 is 31.0. The van der Waals surface area contributed by atoms with Crippen LogP contribution in [-0.2, 0) is 13.0 Å². The summed E-state index contributed by atoms with van der Waals surface area (Å²) in [5, 5.41) is 0.654. The summed E-state index contributed by atoms with van der Waals surface area (Å²) in [6.07, 6.45) is 2.69. The fraction of sp³-hybridized carbons (Fsp3) is 0.263. The first kappa shape index (κ1) is 17.1. The molecule has 24 heavy (non-hydrogen) atoms. The molecule has 0 fully saturated rings. The highest BCUT2D eigenvalue weighted by Gasteiger charge is 2.15. The number of nitrogens with zero attached hydrogens (tertiary/aromatic N) is 2. The topological polar surface area (TPSA) is 8.17 Å².